The molecule has 1 aliphatic heterocycles. The molecule has 0 spiro atoms. The lowest BCUT2D eigenvalue weighted by molar-refractivity contribution is 0.378. The van der Waals surface area contributed by atoms with Gasteiger partial charge in [0, 0.05) is 32.2 Å². The van der Waals surface area contributed by atoms with Crippen molar-refractivity contribution in [3.05, 3.63) is 0 Å². The highest BCUT2D eigenvalue weighted by molar-refractivity contribution is 7.86. The third-order valence-electron chi connectivity index (χ3n) is 2.55. The maximum atomic E-state index is 11.9. The lowest BCUT2D eigenvalue weighted by Gasteiger charge is -2.24. The number of hydrogen-bond donors (Lipinski definition) is 1. The lowest BCUT2D eigenvalue weighted by atomic mass is 10.3. The van der Waals surface area contributed by atoms with E-state index < -0.39 is 10.2 Å². The molecule has 1 fully saturated rings. The summed E-state index contributed by atoms with van der Waals surface area (Å²) in [6.07, 6.45) is 0.764. The van der Waals surface area contributed by atoms with Crippen LogP contribution in [-0.2, 0) is 10.2 Å². The Morgan fingerprint density at radius 2 is 2.00 bits per heavy atom. The van der Waals surface area contributed by atoms with E-state index in [0.717, 1.165) is 6.42 Å². The molecule has 6 heteroatoms. The summed E-state index contributed by atoms with van der Waals surface area (Å²) in [6.45, 7) is 5.74. The Bertz CT molecular complexity index is 274. The van der Waals surface area contributed by atoms with Crippen molar-refractivity contribution in [2.75, 3.05) is 26.2 Å². The van der Waals surface area contributed by atoms with Gasteiger partial charge in [0.2, 0.25) is 0 Å². The molecule has 1 aliphatic rings. The first kappa shape index (κ1) is 11.9. The summed E-state index contributed by atoms with van der Waals surface area (Å²) < 4.78 is 26.8. The number of rotatable bonds is 4. The molecule has 5 nitrogen and oxygen atoms in total. The molecule has 84 valence electrons. The van der Waals surface area contributed by atoms with Gasteiger partial charge in [0.05, 0.1) is 0 Å². The summed E-state index contributed by atoms with van der Waals surface area (Å²) in [4.78, 5) is 0. The molecular formula is C8H19N3O2S. The molecule has 0 aliphatic carbocycles. The molecule has 2 N–H and O–H groups in total. The first-order chi connectivity index (χ1) is 6.52. The molecule has 0 saturated carbocycles. The number of hydrogen-bond acceptors (Lipinski definition) is 3. The van der Waals surface area contributed by atoms with Crippen LogP contribution < -0.4 is 5.73 Å². The predicted molar refractivity (Wildman–Crippen MR) is 56.0 cm³/mol. The smallest absolute Gasteiger partial charge is 0.282 e. The van der Waals surface area contributed by atoms with Crippen LogP contribution in [0.5, 0.6) is 0 Å². The van der Waals surface area contributed by atoms with E-state index in [1.54, 1.807) is 0 Å². The predicted octanol–water partition coefficient (Wildman–Crippen LogP) is -0.394. The molecular weight excluding hydrogens is 202 g/mol. The van der Waals surface area contributed by atoms with E-state index in [0.29, 0.717) is 26.2 Å². The summed E-state index contributed by atoms with van der Waals surface area (Å²) in [6, 6.07) is 0.000312. The van der Waals surface area contributed by atoms with Crippen LogP contribution in [0, 0.1) is 0 Å². The minimum absolute atomic E-state index is 0.000312. The zero-order valence-electron chi connectivity index (χ0n) is 8.81. The fraction of sp³-hybridized carbons (Fsp3) is 1.00. The molecule has 0 bridgehead atoms. The van der Waals surface area contributed by atoms with Crippen molar-refractivity contribution in [3.63, 3.8) is 0 Å². The van der Waals surface area contributed by atoms with Gasteiger partial charge in [-0.05, 0) is 6.42 Å². The SMILES string of the molecule is CCN(CC)S(=O)(=O)N1CC[C@H](N)C1. The van der Waals surface area contributed by atoms with Crippen LogP contribution in [-0.4, -0.2) is 49.2 Å². The van der Waals surface area contributed by atoms with Crippen LogP contribution >= 0.6 is 0 Å². The third kappa shape index (κ3) is 2.25. The molecule has 0 aromatic carbocycles. The van der Waals surface area contributed by atoms with Crippen LogP contribution in [0.2, 0.25) is 0 Å². The van der Waals surface area contributed by atoms with Crippen LogP contribution in [0.25, 0.3) is 0 Å². The van der Waals surface area contributed by atoms with Gasteiger partial charge in [-0.3, -0.25) is 0 Å². The van der Waals surface area contributed by atoms with Crippen molar-refractivity contribution in [1.82, 2.24) is 8.61 Å². The molecule has 1 rings (SSSR count). The Labute approximate surface area is 86.0 Å². The Balaban J connectivity index is 2.74. The molecule has 14 heavy (non-hydrogen) atoms. The fourth-order valence-corrected chi connectivity index (χ4v) is 3.37. The van der Waals surface area contributed by atoms with E-state index >= 15 is 0 Å². The second kappa shape index (κ2) is 4.57. The fourth-order valence-electron chi connectivity index (χ4n) is 1.68. The molecule has 0 unspecified atom stereocenters. The van der Waals surface area contributed by atoms with Crippen molar-refractivity contribution >= 4 is 10.2 Å². The average molecular weight is 221 g/mol. The standard InChI is InChI=1S/C8H19N3O2S/c1-3-10(4-2)14(12,13)11-6-5-8(9)7-11/h8H,3-7,9H2,1-2H3/t8-/m0/s1. The Morgan fingerprint density at radius 1 is 1.43 bits per heavy atom. The highest BCUT2D eigenvalue weighted by atomic mass is 32.2. The summed E-state index contributed by atoms with van der Waals surface area (Å²) >= 11 is 0. The third-order valence-corrected chi connectivity index (χ3v) is 4.70. The van der Waals surface area contributed by atoms with Crippen LogP contribution in [0.3, 0.4) is 0 Å². The van der Waals surface area contributed by atoms with E-state index in [4.69, 9.17) is 5.73 Å². The monoisotopic (exact) mass is 221 g/mol. The molecule has 1 atom stereocenters. The van der Waals surface area contributed by atoms with Gasteiger partial charge in [-0.1, -0.05) is 13.8 Å². The highest BCUT2D eigenvalue weighted by Gasteiger charge is 2.32. The molecule has 1 saturated heterocycles. The summed E-state index contributed by atoms with van der Waals surface area (Å²) in [5.41, 5.74) is 5.68. The van der Waals surface area contributed by atoms with Gasteiger partial charge in [0.15, 0.2) is 0 Å². The Kier molecular flexibility index (Phi) is 3.88. The first-order valence-corrected chi connectivity index (χ1v) is 6.42. The second-order valence-electron chi connectivity index (χ2n) is 3.50. The molecule has 0 radical (unpaired) electrons. The van der Waals surface area contributed by atoms with Gasteiger partial charge in [0.25, 0.3) is 10.2 Å². The van der Waals surface area contributed by atoms with Gasteiger partial charge < -0.3 is 5.73 Å². The van der Waals surface area contributed by atoms with Crippen LogP contribution in [0.15, 0.2) is 0 Å². The summed E-state index contributed by atoms with van der Waals surface area (Å²) in [5, 5.41) is 0. The van der Waals surface area contributed by atoms with Gasteiger partial charge >= 0.3 is 0 Å². The normalized spacial score (nSPS) is 24.7. The van der Waals surface area contributed by atoms with Gasteiger partial charge in [-0.25, -0.2) is 0 Å². The largest absolute Gasteiger partial charge is 0.326 e. The number of nitrogens with two attached hydrogens (primary N) is 1. The van der Waals surface area contributed by atoms with Crippen molar-refractivity contribution < 1.29 is 8.42 Å². The number of nitrogens with zero attached hydrogens (tertiary/aromatic N) is 2. The maximum absolute atomic E-state index is 11.9. The van der Waals surface area contributed by atoms with Gasteiger partial charge in [0.1, 0.15) is 0 Å². The second-order valence-corrected chi connectivity index (χ2v) is 5.43. The van der Waals surface area contributed by atoms with Gasteiger partial charge in [-0.15, -0.1) is 0 Å². The molecule has 1 heterocycles. The summed E-state index contributed by atoms with van der Waals surface area (Å²) in [5.74, 6) is 0. The Morgan fingerprint density at radius 3 is 2.36 bits per heavy atom. The molecule has 0 aromatic heterocycles. The van der Waals surface area contributed by atoms with Crippen molar-refractivity contribution in [2.24, 2.45) is 5.73 Å². The van der Waals surface area contributed by atoms with E-state index in [1.807, 2.05) is 13.8 Å². The minimum atomic E-state index is -3.25. The van der Waals surface area contributed by atoms with E-state index in [9.17, 15) is 8.42 Å². The van der Waals surface area contributed by atoms with Crippen LogP contribution in [0.1, 0.15) is 20.3 Å². The maximum Gasteiger partial charge on any atom is 0.282 e. The highest BCUT2D eigenvalue weighted by Crippen LogP contribution is 2.15. The zero-order chi connectivity index (χ0) is 10.8. The van der Waals surface area contributed by atoms with Gasteiger partial charge in [-0.2, -0.15) is 17.0 Å². The quantitative estimate of drug-likeness (QED) is 0.703. The Hall–Kier alpha value is -0.170. The lowest BCUT2D eigenvalue weighted by Crippen LogP contribution is -2.43. The topological polar surface area (TPSA) is 66.6 Å². The van der Waals surface area contributed by atoms with Crippen molar-refractivity contribution in [2.45, 2.75) is 26.3 Å². The molecule has 0 amide bonds. The zero-order valence-corrected chi connectivity index (χ0v) is 9.63. The van der Waals surface area contributed by atoms with Crippen LogP contribution in [0.4, 0.5) is 0 Å². The van der Waals surface area contributed by atoms with E-state index in [-0.39, 0.29) is 6.04 Å². The van der Waals surface area contributed by atoms with E-state index in [2.05, 4.69) is 0 Å². The first-order valence-electron chi connectivity index (χ1n) is 5.03. The van der Waals surface area contributed by atoms with E-state index in [1.165, 1.54) is 8.61 Å². The molecule has 0 aromatic rings. The van der Waals surface area contributed by atoms with Crippen molar-refractivity contribution in [1.29, 1.82) is 0 Å². The average Bonchev–Trinajstić information content (AvgIpc) is 2.54. The minimum Gasteiger partial charge on any atom is -0.326 e. The van der Waals surface area contributed by atoms with Crippen molar-refractivity contribution in [3.8, 4) is 0 Å². The summed E-state index contributed by atoms with van der Waals surface area (Å²) in [7, 11) is -3.25.